The maximum atomic E-state index is 10.8. The van der Waals surface area contributed by atoms with Gasteiger partial charge in [0.05, 0.1) is 5.56 Å². The van der Waals surface area contributed by atoms with E-state index in [9.17, 15) is 4.79 Å². The Morgan fingerprint density at radius 2 is 2.31 bits per heavy atom. The van der Waals surface area contributed by atoms with Crippen LogP contribution in [0.2, 0.25) is 0 Å². The van der Waals surface area contributed by atoms with Crippen molar-refractivity contribution in [2.75, 3.05) is 18.1 Å². The molecule has 0 aliphatic rings. The average Bonchev–Trinajstić information content (AvgIpc) is 2.25. The molecular weight excluding hydrogens is 290 g/mol. The van der Waals surface area contributed by atoms with Crippen molar-refractivity contribution in [1.29, 1.82) is 0 Å². The third kappa shape index (κ3) is 3.72. The van der Waals surface area contributed by atoms with Crippen molar-refractivity contribution in [3.05, 3.63) is 28.2 Å². The minimum atomic E-state index is -0.920. The van der Waals surface area contributed by atoms with Crippen molar-refractivity contribution >= 4 is 39.3 Å². The number of nitrogens with one attached hydrogen (secondary N) is 1. The molecule has 1 aromatic carbocycles. The lowest BCUT2D eigenvalue weighted by Gasteiger charge is -2.11. The molecule has 1 aromatic rings. The molecule has 3 nitrogen and oxygen atoms in total. The van der Waals surface area contributed by atoms with Crippen LogP contribution in [0.25, 0.3) is 0 Å². The second-order valence-corrected chi connectivity index (χ2v) is 5.56. The molecule has 0 bridgehead atoms. The molecule has 1 unspecified atom stereocenters. The Balaban J connectivity index is 2.70. The molecule has 1 rings (SSSR count). The highest BCUT2D eigenvalue weighted by Crippen LogP contribution is 2.22. The van der Waals surface area contributed by atoms with E-state index in [0.717, 1.165) is 12.2 Å². The SMILES string of the molecule is CSC(C)CNc1ccc(C(=O)O)c(Br)c1. The topological polar surface area (TPSA) is 49.3 Å². The highest BCUT2D eigenvalue weighted by atomic mass is 79.9. The summed E-state index contributed by atoms with van der Waals surface area (Å²) >= 11 is 5.03. The minimum absolute atomic E-state index is 0.281. The number of carboxylic acids is 1. The number of hydrogen-bond donors (Lipinski definition) is 2. The number of hydrogen-bond acceptors (Lipinski definition) is 3. The van der Waals surface area contributed by atoms with Gasteiger partial charge in [-0.15, -0.1) is 0 Å². The fourth-order valence-corrected chi connectivity index (χ4v) is 1.94. The van der Waals surface area contributed by atoms with E-state index < -0.39 is 5.97 Å². The molecule has 0 radical (unpaired) electrons. The summed E-state index contributed by atoms with van der Waals surface area (Å²) in [7, 11) is 0. The van der Waals surface area contributed by atoms with Gasteiger partial charge in [0.25, 0.3) is 0 Å². The van der Waals surface area contributed by atoms with E-state index in [-0.39, 0.29) is 5.56 Å². The maximum Gasteiger partial charge on any atom is 0.336 e. The summed E-state index contributed by atoms with van der Waals surface area (Å²) in [6.07, 6.45) is 2.07. The number of thioether (sulfide) groups is 1. The fraction of sp³-hybridized carbons (Fsp3) is 0.364. The molecule has 0 saturated heterocycles. The van der Waals surface area contributed by atoms with Crippen LogP contribution >= 0.6 is 27.7 Å². The van der Waals surface area contributed by atoms with Crippen molar-refractivity contribution in [2.45, 2.75) is 12.2 Å². The molecule has 88 valence electrons. The highest BCUT2D eigenvalue weighted by Gasteiger charge is 2.08. The van der Waals surface area contributed by atoms with Gasteiger partial charge < -0.3 is 10.4 Å². The second-order valence-electron chi connectivity index (χ2n) is 3.43. The van der Waals surface area contributed by atoms with Crippen molar-refractivity contribution in [3.63, 3.8) is 0 Å². The van der Waals surface area contributed by atoms with Crippen LogP contribution in [0.1, 0.15) is 17.3 Å². The van der Waals surface area contributed by atoms with Crippen molar-refractivity contribution in [2.24, 2.45) is 0 Å². The van der Waals surface area contributed by atoms with Gasteiger partial charge in [0.15, 0.2) is 0 Å². The van der Waals surface area contributed by atoms with E-state index >= 15 is 0 Å². The van der Waals surface area contributed by atoms with Crippen LogP contribution in [0.4, 0.5) is 5.69 Å². The van der Waals surface area contributed by atoms with E-state index in [1.54, 1.807) is 30.0 Å². The first-order valence-electron chi connectivity index (χ1n) is 4.84. The van der Waals surface area contributed by atoms with Crippen LogP contribution in [0.5, 0.6) is 0 Å². The molecule has 0 saturated carbocycles. The van der Waals surface area contributed by atoms with Crippen LogP contribution in [0.3, 0.4) is 0 Å². The molecule has 0 fully saturated rings. The standard InChI is InChI=1S/C11H14BrNO2S/c1-7(16-2)6-13-8-3-4-9(11(14)15)10(12)5-8/h3-5,7,13H,6H2,1-2H3,(H,14,15). The summed E-state index contributed by atoms with van der Waals surface area (Å²) in [5.41, 5.74) is 1.21. The number of halogens is 1. The summed E-state index contributed by atoms with van der Waals surface area (Å²) in [6, 6.07) is 5.16. The number of anilines is 1. The zero-order chi connectivity index (χ0) is 12.1. The zero-order valence-electron chi connectivity index (χ0n) is 9.16. The summed E-state index contributed by atoms with van der Waals surface area (Å²) in [4.78, 5) is 10.8. The molecule has 2 N–H and O–H groups in total. The number of aromatic carboxylic acids is 1. The lowest BCUT2D eigenvalue weighted by atomic mass is 10.2. The summed E-state index contributed by atoms with van der Waals surface area (Å²) in [5, 5.41) is 12.6. The number of rotatable bonds is 5. The number of benzene rings is 1. The van der Waals surface area contributed by atoms with Gasteiger partial charge in [0.2, 0.25) is 0 Å². The minimum Gasteiger partial charge on any atom is -0.478 e. The van der Waals surface area contributed by atoms with E-state index in [1.165, 1.54) is 0 Å². The van der Waals surface area contributed by atoms with Gasteiger partial charge >= 0.3 is 5.97 Å². The molecular formula is C11H14BrNO2S. The molecule has 0 aliphatic carbocycles. The van der Waals surface area contributed by atoms with Crippen LogP contribution in [-0.4, -0.2) is 29.1 Å². The van der Waals surface area contributed by atoms with Crippen molar-refractivity contribution in [3.8, 4) is 0 Å². The molecule has 0 spiro atoms. The summed E-state index contributed by atoms with van der Waals surface area (Å²) in [6.45, 7) is 3.00. The first-order valence-corrected chi connectivity index (χ1v) is 6.92. The lowest BCUT2D eigenvalue weighted by Crippen LogP contribution is -2.12. The Morgan fingerprint density at radius 3 is 2.81 bits per heavy atom. The maximum absolute atomic E-state index is 10.8. The Bertz CT molecular complexity index is 384. The Morgan fingerprint density at radius 1 is 1.62 bits per heavy atom. The van der Waals surface area contributed by atoms with Crippen LogP contribution in [0, 0.1) is 0 Å². The van der Waals surface area contributed by atoms with Crippen molar-refractivity contribution < 1.29 is 9.90 Å². The molecule has 16 heavy (non-hydrogen) atoms. The molecule has 0 aliphatic heterocycles. The first kappa shape index (κ1) is 13.4. The average molecular weight is 304 g/mol. The monoisotopic (exact) mass is 303 g/mol. The van der Waals surface area contributed by atoms with E-state index in [1.807, 2.05) is 0 Å². The van der Waals surface area contributed by atoms with Gasteiger partial charge in [0, 0.05) is 22.0 Å². The quantitative estimate of drug-likeness (QED) is 0.876. The Labute approximate surface area is 108 Å². The smallest absolute Gasteiger partial charge is 0.336 e. The van der Waals surface area contributed by atoms with Gasteiger partial charge in [0.1, 0.15) is 0 Å². The predicted molar refractivity (Wildman–Crippen MR) is 72.6 cm³/mol. The van der Waals surface area contributed by atoms with E-state index in [2.05, 4.69) is 34.4 Å². The number of carbonyl (C=O) groups is 1. The Hall–Kier alpha value is -0.680. The molecule has 5 heteroatoms. The normalized spacial score (nSPS) is 12.2. The molecule has 0 heterocycles. The molecule has 1 atom stereocenters. The van der Waals surface area contributed by atoms with Gasteiger partial charge in [-0.2, -0.15) is 11.8 Å². The van der Waals surface area contributed by atoms with Crippen LogP contribution < -0.4 is 5.32 Å². The van der Waals surface area contributed by atoms with Crippen LogP contribution in [0.15, 0.2) is 22.7 Å². The molecule has 0 amide bonds. The largest absolute Gasteiger partial charge is 0.478 e. The number of carboxylic acid groups (broad SMARTS) is 1. The van der Waals surface area contributed by atoms with Gasteiger partial charge in [-0.1, -0.05) is 6.92 Å². The van der Waals surface area contributed by atoms with E-state index in [0.29, 0.717) is 9.72 Å². The van der Waals surface area contributed by atoms with Crippen LogP contribution in [-0.2, 0) is 0 Å². The van der Waals surface area contributed by atoms with Gasteiger partial charge in [-0.05, 0) is 40.4 Å². The highest BCUT2D eigenvalue weighted by molar-refractivity contribution is 9.10. The van der Waals surface area contributed by atoms with Crippen molar-refractivity contribution in [1.82, 2.24) is 0 Å². The predicted octanol–water partition coefficient (Wildman–Crippen LogP) is 3.31. The van der Waals surface area contributed by atoms with E-state index in [4.69, 9.17) is 5.11 Å². The summed E-state index contributed by atoms with van der Waals surface area (Å²) < 4.78 is 0.599. The zero-order valence-corrected chi connectivity index (χ0v) is 11.6. The second kappa shape index (κ2) is 6.15. The summed E-state index contributed by atoms with van der Waals surface area (Å²) in [5.74, 6) is -0.920. The Kier molecular flexibility index (Phi) is 5.15. The fourth-order valence-electron chi connectivity index (χ4n) is 1.14. The first-order chi connectivity index (χ1) is 7.54. The third-order valence-electron chi connectivity index (χ3n) is 2.20. The third-order valence-corrected chi connectivity index (χ3v) is 3.82. The van der Waals surface area contributed by atoms with Gasteiger partial charge in [-0.3, -0.25) is 0 Å². The molecule has 0 aromatic heterocycles. The lowest BCUT2D eigenvalue weighted by molar-refractivity contribution is 0.0696. The van der Waals surface area contributed by atoms with Gasteiger partial charge in [-0.25, -0.2) is 4.79 Å².